The molecular weight excluding hydrogens is 354 g/mol. The fourth-order valence-corrected chi connectivity index (χ4v) is 2.94. The molecule has 0 atom stereocenters. The highest BCUT2D eigenvalue weighted by Crippen LogP contribution is 2.25. The molecule has 2 aromatic rings. The molecule has 0 saturated heterocycles. The maximum atomic E-state index is 12.3. The molecule has 26 heavy (non-hydrogen) atoms. The van der Waals surface area contributed by atoms with Crippen molar-refractivity contribution in [1.82, 2.24) is 0 Å². The van der Waals surface area contributed by atoms with Crippen molar-refractivity contribution >= 4 is 27.8 Å². The van der Waals surface area contributed by atoms with E-state index in [9.17, 15) is 13.2 Å². The van der Waals surface area contributed by atoms with Gasteiger partial charge in [0.2, 0.25) is 0 Å². The Balaban J connectivity index is 2.06. The highest BCUT2D eigenvalue weighted by atomic mass is 32.2. The Kier molecular flexibility index (Phi) is 6.80. The lowest BCUT2D eigenvalue weighted by atomic mass is 10.2. The van der Waals surface area contributed by atoms with E-state index in [1.165, 1.54) is 13.2 Å². The molecule has 0 heterocycles. The monoisotopic (exact) mass is 375 g/mol. The molecule has 0 saturated carbocycles. The van der Waals surface area contributed by atoms with E-state index in [1.807, 2.05) is 31.2 Å². The van der Waals surface area contributed by atoms with E-state index < -0.39 is 16.0 Å². The molecule has 0 spiro atoms. The standard InChI is InChI=1S/C19H21NO5S/c1-15-7-9-16(10-8-15)12-14-26(22,23)20-17-5-3-4-6-18(17)25-13-11-19(21)24-2/h3-10,12,14,20H,11,13H2,1-2H3/b14-12-. The van der Waals surface area contributed by atoms with Gasteiger partial charge in [0.25, 0.3) is 10.0 Å². The zero-order chi connectivity index (χ0) is 19.0. The predicted octanol–water partition coefficient (Wildman–Crippen LogP) is 3.35. The summed E-state index contributed by atoms with van der Waals surface area (Å²) in [4.78, 5) is 11.1. The van der Waals surface area contributed by atoms with Gasteiger partial charge in [-0.05, 0) is 30.7 Å². The van der Waals surface area contributed by atoms with E-state index in [2.05, 4.69) is 9.46 Å². The van der Waals surface area contributed by atoms with Gasteiger partial charge in [0, 0.05) is 0 Å². The quantitative estimate of drug-likeness (QED) is 0.716. The van der Waals surface area contributed by atoms with Crippen LogP contribution in [0.3, 0.4) is 0 Å². The number of aryl methyl sites for hydroxylation is 1. The second-order valence-corrected chi connectivity index (χ2v) is 7.10. The number of ether oxygens (including phenoxy) is 2. The SMILES string of the molecule is COC(=O)CCOc1ccccc1NS(=O)(=O)/C=C\c1ccc(C)cc1. The topological polar surface area (TPSA) is 81.7 Å². The molecule has 6 nitrogen and oxygen atoms in total. The maximum absolute atomic E-state index is 12.3. The minimum atomic E-state index is -3.71. The molecule has 0 fully saturated rings. The van der Waals surface area contributed by atoms with Gasteiger partial charge in [0.15, 0.2) is 0 Å². The number of hydrogen-bond acceptors (Lipinski definition) is 5. The van der Waals surface area contributed by atoms with Crippen LogP contribution >= 0.6 is 0 Å². The van der Waals surface area contributed by atoms with Gasteiger partial charge in [0.1, 0.15) is 5.75 Å². The fourth-order valence-electron chi connectivity index (χ4n) is 2.06. The predicted molar refractivity (Wildman–Crippen MR) is 101 cm³/mol. The van der Waals surface area contributed by atoms with Crippen LogP contribution in [0.1, 0.15) is 17.5 Å². The normalized spacial score (nSPS) is 11.3. The second-order valence-electron chi connectivity index (χ2n) is 5.53. The van der Waals surface area contributed by atoms with Crippen LogP contribution in [0.5, 0.6) is 5.75 Å². The Labute approximate surface area is 153 Å². The molecule has 7 heteroatoms. The van der Waals surface area contributed by atoms with Crippen LogP contribution in [0.15, 0.2) is 53.9 Å². The molecule has 0 aliphatic heterocycles. The van der Waals surface area contributed by atoms with E-state index in [0.717, 1.165) is 16.5 Å². The largest absolute Gasteiger partial charge is 0.491 e. The van der Waals surface area contributed by atoms with Crippen LogP contribution in [-0.2, 0) is 19.6 Å². The second kappa shape index (κ2) is 9.05. The zero-order valence-electron chi connectivity index (χ0n) is 14.6. The highest BCUT2D eigenvalue weighted by Gasteiger charge is 2.11. The fraction of sp³-hybridized carbons (Fsp3) is 0.211. The lowest BCUT2D eigenvalue weighted by molar-refractivity contribution is -0.141. The highest BCUT2D eigenvalue weighted by molar-refractivity contribution is 7.95. The van der Waals surface area contributed by atoms with Gasteiger partial charge in [-0.1, -0.05) is 42.0 Å². The number of carbonyl (C=O) groups excluding carboxylic acids is 1. The number of anilines is 1. The molecule has 0 radical (unpaired) electrons. The van der Waals surface area contributed by atoms with Crippen LogP contribution in [0.4, 0.5) is 5.69 Å². The number of para-hydroxylation sites is 2. The van der Waals surface area contributed by atoms with Gasteiger partial charge in [-0.3, -0.25) is 9.52 Å². The third-order valence-electron chi connectivity index (χ3n) is 3.45. The Hall–Kier alpha value is -2.80. The van der Waals surface area contributed by atoms with Crippen molar-refractivity contribution in [3.8, 4) is 5.75 Å². The summed E-state index contributed by atoms with van der Waals surface area (Å²) in [6.45, 7) is 2.05. The first-order chi connectivity index (χ1) is 12.4. The molecule has 138 valence electrons. The molecule has 1 N–H and O–H groups in total. The first-order valence-corrected chi connectivity index (χ1v) is 9.50. The molecule has 2 rings (SSSR count). The van der Waals surface area contributed by atoms with Crippen LogP contribution in [0, 0.1) is 6.92 Å². The summed E-state index contributed by atoms with van der Waals surface area (Å²) in [5.41, 5.74) is 2.18. The smallest absolute Gasteiger partial charge is 0.308 e. The van der Waals surface area contributed by atoms with E-state index in [1.54, 1.807) is 24.3 Å². The number of nitrogens with one attached hydrogen (secondary N) is 1. The molecule has 0 unspecified atom stereocenters. The molecule has 0 amide bonds. The van der Waals surface area contributed by atoms with Gasteiger partial charge in [-0.15, -0.1) is 0 Å². The van der Waals surface area contributed by atoms with Gasteiger partial charge in [-0.2, -0.15) is 0 Å². The summed E-state index contributed by atoms with van der Waals surface area (Å²) >= 11 is 0. The molecule has 0 aliphatic rings. The number of hydrogen-bond donors (Lipinski definition) is 1. The van der Waals surface area contributed by atoms with Crippen molar-refractivity contribution in [2.75, 3.05) is 18.4 Å². The van der Waals surface area contributed by atoms with E-state index >= 15 is 0 Å². The number of esters is 1. The average molecular weight is 375 g/mol. The van der Waals surface area contributed by atoms with Crippen molar-refractivity contribution in [2.24, 2.45) is 0 Å². The van der Waals surface area contributed by atoms with Gasteiger partial charge < -0.3 is 9.47 Å². The van der Waals surface area contributed by atoms with Crippen molar-refractivity contribution in [1.29, 1.82) is 0 Å². The van der Waals surface area contributed by atoms with Crippen molar-refractivity contribution < 1.29 is 22.7 Å². The minimum absolute atomic E-state index is 0.0743. The molecular formula is C19H21NO5S. The first kappa shape index (κ1) is 19.5. The summed E-state index contributed by atoms with van der Waals surface area (Å²) in [5.74, 6) is -0.0622. The Morgan fingerprint density at radius 2 is 1.81 bits per heavy atom. The molecule has 0 bridgehead atoms. The summed E-state index contributed by atoms with van der Waals surface area (Å²) in [6.07, 6.45) is 1.59. The average Bonchev–Trinajstić information content (AvgIpc) is 2.62. The van der Waals surface area contributed by atoms with Crippen LogP contribution in [0.25, 0.3) is 6.08 Å². The number of carbonyl (C=O) groups is 1. The van der Waals surface area contributed by atoms with Gasteiger partial charge >= 0.3 is 5.97 Å². The molecule has 0 aliphatic carbocycles. The third-order valence-corrected chi connectivity index (χ3v) is 4.45. The number of sulfonamides is 1. The zero-order valence-corrected chi connectivity index (χ0v) is 15.5. The van der Waals surface area contributed by atoms with Crippen LogP contribution in [-0.4, -0.2) is 28.1 Å². The summed E-state index contributed by atoms with van der Waals surface area (Å²) in [7, 11) is -2.42. The molecule has 2 aromatic carbocycles. The number of rotatable bonds is 8. The Bertz CT molecular complexity index is 873. The summed E-state index contributed by atoms with van der Waals surface area (Å²) in [6, 6.07) is 14.1. The lowest BCUT2D eigenvalue weighted by Gasteiger charge is -2.12. The van der Waals surface area contributed by atoms with Crippen molar-refractivity contribution in [3.63, 3.8) is 0 Å². The van der Waals surface area contributed by atoms with E-state index in [0.29, 0.717) is 11.4 Å². The minimum Gasteiger partial charge on any atom is -0.491 e. The summed E-state index contributed by atoms with van der Waals surface area (Å²) in [5, 5.41) is 1.10. The Morgan fingerprint density at radius 1 is 1.12 bits per heavy atom. The number of methoxy groups -OCH3 is 1. The lowest BCUT2D eigenvalue weighted by Crippen LogP contribution is -2.12. The molecule has 0 aromatic heterocycles. The van der Waals surface area contributed by atoms with Gasteiger partial charge in [0.05, 0.1) is 31.2 Å². The maximum Gasteiger partial charge on any atom is 0.308 e. The van der Waals surface area contributed by atoms with Crippen LogP contribution < -0.4 is 9.46 Å². The van der Waals surface area contributed by atoms with Crippen molar-refractivity contribution in [3.05, 3.63) is 65.1 Å². The van der Waals surface area contributed by atoms with Crippen molar-refractivity contribution in [2.45, 2.75) is 13.3 Å². The van der Waals surface area contributed by atoms with E-state index in [4.69, 9.17) is 4.74 Å². The third kappa shape index (κ3) is 6.25. The van der Waals surface area contributed by atoms with Crippen LogP contribution in [0.2, 0.25) is 0 Å². The number of benzene rings is 2. The van der Waals surface area contributed by atoms with Gasteiger partial charge in [-0.25, -0.2) is 8.42 Å². The Morgan fingerprint density at radius 3 is 2.50 bits per heavy atom. The summed E-state index contributed by atoms with van der Waals surface area (Å²) < 4.78 is 37.1. The first-order valence-electron chi connectivity index (χ1n) is 7.96. The van der Waals surface area contributed by atoms with E-state index in [-0.39, 0.29) is 13.0 Å².